The van der Waals surface area contributed by atoms with Crippen LogP contribution in [0.15, 0.2) is 0 Å². The lowest BCUT2D eigenvalue weighted by atomic mass is 9.76. The average molecular weight is 265 g/mol. The fourth-order valence-corrected chi connectivity index (χ4v) is 3.14. The summed E-state index contributed by atoms with van der Waals surface area (Å²) in [5.74, 6) is 1.42. The number of rotatable bonds is 6. The Morgan fingerprint density at radius 2 is 1.78 bits per heavy atom. The van der Waals surface area contributed by atoms with Gasteiger partial charge < -0.3 is 5.32 Å². The van der Waals surface area contributed by atoms with E-state index < -0.39 is 12.6 Å². The number of nitrogens with one attached hydrogen (secondary N) is 1. The molecule has 1 aliphatic rings. The van der Waals surface area contributed by atoms with E-state index in [2.05, 4.69) is 12.2 Å². The van der Waals surface area contributed by atoms with Crippen molar-refractivity contribution < 1.29 is 13.2 Å². The molecule has 0 saturated heterocycles. The second-order valence-electron chi connectivity index (χ2n) is 5.59. The van der Waals surface area contributed by atoms with Gasteiger partial charge in [-0.05, 0) is 44.6 Å². The number of alkyl halides is 3. The highest BCUT2D eigenvalue weighted by Crippen LogP contribution is 2.34. The Hall–Kier alpha value is -0.250. The summed E-state index contributed by atoms with van der Waals surface area (Å²) in [6, 6.07) is 0.269. The lowest BCUT2D eigenvalue weighted by molar-refractivity contribution is -0.136. The molecule has 1 nitrogen and oxygen atoms in total. The van der Waals surface area contributed by atoms with Crippen LogP contribution in [0.1, 0.15) is 58.3 Å². The lowest BCUT2D eigenvalue weighted by Crippen LogP contribution is -2.36. The minimum atomic E-state index is -4.00. The first-order valence-electron chi connectivity index (χ1n) is 7.20. The molecule has 1 N–H and O–H groups in total. The minimum Gasteiger partial charge on any atom is -0.317 e. The summed E-state index contributed by atoms with van der Waals surface area (Å²) < 4.78 is 36.4. The maximum atomic E-state index is 12.1. The number of halogens is 3. The third-order valence-electron chi connectivity index (χ3n) is 4.38. The molecular formula is C14H26F3N. The zero-order valence-electron chi connectivity index (χ0n) is 11.5. The summed E-state index contributed by atoms with van der Waals surface area (Å²) in [4.78, 5) is 0. The van der Waals surface area contributed by atoms with E-state index in [1.54, 1.807) is 0 Å². The van der Waals surface area contributed by atoms with Crippen LogP contribution in [-0.2, 0) is 0 Å². The quantitative estimate of drug-likeness (QED) is 0.744. The van der Waals surface area contributed by atoms with E-state index in [1.807, 2.05) is 7.05 Å². The Labute approximate surface area is 109 Å². The number of hydrogen-bond donors (Lipinski definition) is 1. The first kappa shape index (κ1) is 15.8. The van der Waals surface area contributed by atoms with Gasteiger partial charge in [0, 0.05) is 12.5 Å². The third-order valence-corrected chi connectivity index (χ3v) is 4.38. The summed E-state index contributed by atoms with van der Waals surface area (Å²) in [7, 11) is 1.88. The Kier molecular flexibility index (Phi) is 6.47. The van der Waals surface area contributed by atoms with Crippen LogP contribution in [0.2, 0.25) is 0 Å². The SMILES string of the molecule is CCC1CCC(C(CCCC(F)(F)F)NC)CC1. The van der Waals surface area contributed by atoms with Gasteiger partial charge in [0.05, 0.1) is 0 Å². The zero-order valence-corrected chi connectivity index (χ0v) is 11.5. The molecule has 0 aromatic heterocycles. The van der Waals surface area contributed by atoms with E-state index in [9.17, 15) is 13.2 Å². The van der Waals surface area contributed by atoms with Crippen LogP contribution in [0.25, 0.3) is 0 Å². The maximum Gasteiger partial charge on any atom is 0.389 e. The van der Waals surface area contributed by atoms with Crippen molar-refractivity contribution in [1.82, 2.24) is 5.32 Å². The summed E-state index contributed by atoms with van der Waals surface area (Å²) in [6.07, 6.45) is 2.35. The molecule has 1 rings (SSSR count). The largest absolute Gasteiger partial charge is 0.389 e. The molecule has 0 amide bonds. The fourth-order valence-electron chi connectivity index (χ4n) is 3.14. The highest BCUT2D eigenvalue weighted by molar-refractivity contribution is 4.81. The molecule has 0 spiro atoms. The van der Waals surface area contributed by atoms with Gasteiger partial charge in [-0.2, -0.15) is 13.2 Å². The van der Waals surface area contributed by atoms with E-state index in [0.29, 0.717) is 12.3 Å². The van der Waals surface area contributed by atoms with E-state index in [4.69, 9.17) is 0 Å². The summed E-state index contributed by atoms with van der Waals surface area (Å²) in [5, 5.41) is 3.22. The molecule has 1 fully saturated rings. The Bertz CT molecular complexity index is 220. The molecule has 0 heterocycles. The summed E-state index contributed by atoms with van der Waals surface area (Å²) in [5.41, 5.74) is 0. The summed E-state index contributed by atoms with van der Waals surface area (Å²) >= 11 is 0. The van der Waals surface area contributed by atoms with Gasteiger partial charge in [-0.25, -0.2) is 0 Å². The van der Waals surface area contributed by atoms with E-state index in [0.717, 1.165) is 5.92 Å². The minimum absolute atomic E-state index is 0.253. The number of hydrogen-bond acceptors (Lipinski definition) is 1. The maximum absolute atomic E-state index is 12.1. The molecule has 0 aromatic rings. The van der Waals surface area contributed by atoms with Crippen LogP contribution in [0.4, 0.5) is 13.2 Å². The van der Waals surface area contributed by atoms with Crippen molar-refractivity contribution in [3.8, 4) is 0 Å². The first-order chi connectivity index (χ1) is 8.46. The van der Waals surface area contributed by atoms with Crippen LogP contribution in [0.3, 0.4) is 0 Å². The highest BCUT2D eigenvalue weighted by Gasteiger charge is 2.29. The standard InChI is InChI=1S/C14H26F3N/c1-3-11-6-8-12(9-7-11)13(18-2)5-4-10-14(15,16)17/h11-13,18H,3-10H2,1-2H3. The van der Waals surface area contributed by atoms with Crippen molar-refractivity contribution in [2.24, 2.45) is 11.8 Å². The molecule has 0 aromatic carbocycles. The van der Waals surface area contributed by atoms with E-state index in [-0.39, 0.29) is 12.5 Å². The molecule has 1 unspecified atom stereocenters. The van der Waals surface area contributed by atoms with E-state index in [1.165, 1.54) is 32.1 Å². The van der Waals surface area contributed by atoms with Gasteiger partial charge in [0.15, 0.2) is 0 Å². The van der Waals surface area contributed by atoms with Gasteiger partial charge in [0.1, 0.15) is 0 Å². The molecule has 18 heavy (non-hydrogen) atoms. The van der Waals surface area contributed by atoms with Gasteiger partial charge in [-0.3, -0.25) is 0 Å². The van der Waals surface area contributed by atoms with Crippen LogP contribution < -0.4 is 5.32 Å². The molecule has 1 atom stereocenters. The predicted molar refractivity (Wildman–Crippen MR) is 68.5 cm³/mol. The van der Waals surface area contributed by atoms with E-state index >= 15 is 0 Å². The molecule has 1 saturated carbocycles. The second-order valence-corrected chi connectivity index (χ2v) is 5.59. The van der Waals surface area contributed by atoms with Crippen LogP contribution in [0.5, 0.6) is 0 Å². The first-order valence-corrected chi connectivity index (χ1v) is 7.20. The van der Waals surface area contributed by atoms with Crippen molar-refractivity contribution in [2.75, 3.05) is 7.05 Å². The van der Waals surface area contributed by atoms with Gasteiger partial charge in [-0.15, -0.1) is 0 Å². The van der Waals surface area contributed by atoms with Crippen LogP contribution in [-0.4, -0.2) is 19.3 Å². The molecule has 4 heteroatoms. The third kappa shape index (κ3) is 5.59. The predicted octanol–water partition coefficient (Wildman–Crippen LogP) is 4.52. The van der Waals surface area contributed by atoms with Crippen molar-refractivity contribution in [3.63, 3.8) is 0 Å². The highest BCUT2D eigenvalue weighted by atomic mass is 19.4. The molecule has 108 valence electrons. The van der Waals surface area contributed by atoms with Gasteiger partial charge >= 0.3 is 6.18 Å². The topological polar surface area (TPSA) is 12.0 Å². The summed E-state index contributed by atoms with van der Waals surface area (Å²) in [6.45, 7) is 2.23. The molecule has 0 aliphatic heterocycles. The van der Waals surface area contributed by atoms with Crippen molar-refractivity contribution >= 4 is 0 Å². The average Bonchev–Trinajstić information content (AvgIpc) is 2.34. The van der Waals surface area contributed by atoms with Crippen molar-refractivity contribution in [2.45, 2.75) is 70.5 Å². The molecular weight excluding hydrogens is 239 g/mol. The lowest BCUT2D eigenvalue weighted by Gasteiger charge is -2.33. The van der Waals surface area contributed by atoms with Gasteiger partial charge in [0.2, 0.25) is 0 Å². The monoisotopic (exact) mass is 265 g/mol. The molecule has 0 bridgehead atoms. The fraction of sp³-hybridized carbons (Fsp3) is 1.00. The smallest absolute Gasteiger partial charge is 0.317 e. The Morgan fingerprint density at radius 3 is 2.22 bits per heavy atom. The Balaban J connectivity index is 2.29. The Morgan fingerprint density at radius 1 is 1.17 bits per heavy atom. The van der Waals surface area contributed by atoms with Gasteiger partial charge in [0.25, 0.3) is 0 Å². The normalized spacial score (nSPS) is 27.2. The molecule has 1 aliphatic carbocycles. The zero-order chi connectivity index (χ0) is 13.6. The van der Waals surface area contributed by atoms with Crippen LogP contribution >= 0.6 is 0 Å². The molecule has 0 radical (unpaired) electrons. The van der Waals surface area contributed by atoms with Gasteiger partial charge in [-0.1, -0.05) is 26.2 Å². The second kappa shape index (κ2) is 7.37. The van der Waals surface area contributed by atoms with Crippen molar-refractivity contribution in [3.05, 3.63) is 0 Å². The van der Waals surface area contributed by atoms with Crippen molar-refractivity contribution in [1.29, 1.82) is 0 Å². The van der Waals surface area contributed by atoms with Crippen LogP contribution in [0, 0.1) is 11.8 Å².